The van der Waals surface area contributed by atoms with Crippen molar-refractivity contribution in [3.8, 4) is 10.7 Å². The molecule has 0 N–H and O–H groups in total. The van der Waals surface area contributed by atoms with Crippen LogP contribution in [0.15, 0.2) is 49.4 Å². The Morgan fingerprint density at radius 1 is 1.32 bits per heavy atom. The smallest absolute Gasteiger partial charge is 0.237 e. The van der Waals surface area contributed by atoms with E-state index in [0.717, 1.165) is 27.5 Å². The molecule has 6 nitrogen and oxygen atoms in total. The van der Waals surface area contributed by atoms with Crippen LogP contribution in [0.1, 0.15) is 10.8 Å². The van der Waals surface area contributed by atoms with Crippen molar-refractivity contribution in [2.75, 3.05) is 0 Å². The summed E-state index contributed by atoms with van der Waals surface area (Å²) in [4.78, 5) is 6.78. The zero-order valence-electron chi connectivity index (χ0n) is 12.8. The van der Waals surface area contributed by atoms with Crippen LogP contribution in [0, 0.1) is 0 Å². The lowest BCUT2D eigenvalue weighted by atomic mass is 10.3. The topological polar surface area (TPSA) is 69.6 Å². The van der Waals surface area contributed by atoms with Gasteiger partial charge in [0.15, 0.2) is 5.16 Å². The molecule has 0 aliphatic rings. The van der Waals surface area contributed by atoms with E-state index >= 15 is 0 Å². The van der Waals surface area contributed by atoms with Crippen LogP contribution in [0.5, 0.6) is 0 Å². The van der Waals surface area contributed by atoms with Crippen LogP contribution in [0.25, 0.3) is 10.7 Å². The zero-order chi connectivity index (χ0) is 17.1. The van der Waals surface area contributed by atoms with E-state index in [1.165, 1.54) is 4.88 Å². The van der Waals surface area contributed by atoms with Crippen LogP contribution >= 0.6 is 50.4 Å². The van der Waals surface area contributed by atoms with Crippen molar-refractivity contribution >= 4 is 50.4 Å². The maximum atomic E-state index is 5.34. The molecule has 0 spiro atoms. The predicted octanol–water partition coefficient (Wildman–Crippen LogP) is 4.75. The van der Waals surface area contributed by atoms with Crippen molar-refractivity contribution < 1.29 is 4.52 Å². The molecule has 25 heavy (non-hydrogen) atoms. The van der Waals surface area contributed by atoms with Crippen LogP contribution in [0.4, 0.5) is 0 Å². The SMILES string of the molecule is Brc1csc(-c2noc(CSc3nncn3CCc3cccs3)n2)c1. The first-order valence-electron chi connectivity index (χ1n) is 7.38. The van der Waals surface area contributed by atoms with Gasteiger partial charge in [-0.3, -0.25) is 0 Å². The molecule has 0 bridgehead atoms. The second-order valence-corrected chi connectivity index (χ2v) is 8.87. The van der Waals surface area contributed by atoms with Gasteiger partial charge in [0.2, 0.25) is 11.7 Å². The Labute approximate surface area is 164 Å². The summed E-state index contributed by atoms with van der Waals surface area (Å²) >= 11 is 8.32. The van der Waals surface area contributed by atoms with Gasteiger partial charge < -0.3 is 9.09 Å². The number of thiophene rings is 2. The Morgan fingerprint density at radius 3 is 3.08 bits per heavy atom. The Balaban J connectivity index is 1.37. The second kappa shape index (κ2) is 7.81. The van der Waals surface area contributed by atoms with E-state index in [1.807, 2.05) is 11.4 Å². The van der Waals surface area contributed by atoms with Gasteiger partial charge in [-0.05, 0) is 39.9 Å². The summed E-state index contributed by atoms with van der Waals surface area (Å²) in [7, 11) is 0. The average Bonchev–Trinajstić information content (AvgIpc) is 3.38. The highest BCUT2D eigenvalue weighted by atomic mass is 79.9. The molecule has 0 amide bonds. The fourth-order valence-electron chi connectivity index (χ4n) is 2.17. The minimum Gasteiger partial charge on any atom is -0.338 e. The summed E-state index contributed by atoms with van der Waals surface area (Å²) in [6.07, 6.45) is 2.74. The summed E-state index contributed by atoms with van der Waals surface area (Å²) in [6, 6.07) is 6.19. The number of aryl methyl sites for hydroxylation is 2. The van der Waals surface area contributed by atoms with E-state index in [1.54, 1.807) is 40.8 Å². The lowest BCUT2D eigenvalue weighted by molar-refractivity contribution is 0.391. The van der Waals surface area contributed by atoms with E-state index in [-0.39, 0.29) is 0 Å². The summed E-state index contributed by atoms with van der Waals surface area (Å²) in [6.45, 7) is 0.855. The van der Waals surface area contributed by atoms with Crippen molar-refractivity contribution in [2.24, 2.45) is 0 Å². The maximum Gasteiger partial charge on any atom is 0.237 e. The molecular weight excluding hydrogens is 442 g/mol. The summed E-state index contributed by atoms with van der Waals surface area (Å²) < 4.78 is 8.41. The summed E-state index contributed by atoms with van der Waals surface area (Å²) in [5.41, 5.74) is 0. The zero-order valence-corrected chi connectivity index (χ0v) is 16.9. The number of hydrogen-bond donors (Lipinski definition) is 0. The van der Waals surface area contributed by atoms with Gasteiger partial charge in [-0.2, -0.15) is 4.98 Å². The Hall–Kier alpha value is -1.49. The Kier molecular flexibility index (Phi) is 5.30. The number of thioether (sulfide) groups is 1. The fraction of sp³-hybridized carbons (Fsp3) is 0.200. The average molecular weight is 454 g/mol. The van der Waals surface area contributed by atoms with Gasteiger partial charge in [-0.1, -0.05) is 23.0 Å². The molecule has 0 aliphatic heterocycles. The Morgan fingerprint density at radius 2 is 2.28 bits per heavy atom. The van der Waals surface area contributed by atoms with E-state index < -0.39 is 0 Å². The van der Waals surface area contributed by atoms with Crippen LogP contribution in [0.2, 0.25) is 0 Å². The van der Waals surface area contributed by atoms with Crippen molar-refractivity contribution in [1.29, 1.82) is 0 Å². The minimum absolute atomic E-state index is 0.567. The molecule has 0 radical (unpaired) electrons. The van der Waals surface area contributed by atoms with Gasteiger partial charge in [0.05, 0.1) is 10.6 Å². The molecule has 4 rings (SSSR count). The molecular formula is C15H12BrN5OS3. The third kappa shape index (κ3) is 4.20. The highest BCUT2D eigenvalue weighted by molar-refractivity contribution is 9.10. The largest absolute Gasteiger partial charge is 0.338 e. The van der Waals surface area contributed by atoms with Gasteiger partial charge >= 0.3 is 0 Å². The molecule has 0 unspecified atom stereocenters. The lowest BCUT2D eigenvalue weighted by Crippen LogP contribution is -2.01. The maximum absolute atomic E-state index is 5.34. The van der Waals surface area contributed by atoms with Gasteiger partial charge in [0, 0.05) is 21.3 Å². The van der Waals surface area contributed by atoms with Crippen LogP contribution in [0.3, 0.4) is 0 Å². The monoisotopic (exact) mass is 453 g/mol. The number of hydrogen-bond acceptors (Lipinski definition) is 8. The normalized spacial score (nSPS) is 11.2. The summed E-state index contributed by atoms with van der Waals surface area (Å²) in [5.74, 6) is 1.76. The number of halogens is 1. The molecule has 128 valence electrons. The molecule has 4 aromatic heterocycles. The van der Waals surface area contributed by atoms with Crippen LogP contribution in [-0.4, -0.2) is 24.9 Å². The van der Waals surface area contributed by atoms with Crippen molar-refractivity contribution in [2.45, 2.75) is 23.9 Å². The van der Waals surface area contributed by atoms with E-state index in [9.17, 15) is 0 Å². The number of nitrogens with zero attached hydrogens (tertiary/aromatic N) is 5. The second-order valence-electron chi connectivity index (χ2n) is 5.07. The molecule has 0 atom stereocenters. The third-order valence-electron chi connectivity index (χ3n) is 3.34. The summed E-state index contributed by atoms with van der Waals surface area (Å²) in [5, 5.41) is 17.2. The molecule has 4 aromatic rings. The highest BCUT2D eigenvalue weighted by Crippen LogP contribution is 2.28. The number of aromatic nitrogens is 5. The standard InChI is InChI=1S/C15H12BrN5OS3/c16-10-6-12(24-7-10)14-18-13(22-20-14)8-25-15-19-17-9-21(15)4-3-11-2-1-5-23-11/h1-2,5-7,9H,3-4,8H2. The lowest BCUT2D eigenvalue weighted by Gasteiger charge is -2.03. The van der Waals surface area contributed by atoms with E-state index in [2.05, 4.69) is 58.3 Å². The molecule has 0 aliphatic carbocycles. The van der Waals surface area contributed by atoms with Gasteiger partial charge in [-0.25, -0.2) is 0 Å². The quantitative estimate of drug-likeness (QED) is 0.376. The van der Waals surface area contributed by atoms with Gasteiger partial charge in [0.25, 0.3) is 0 Å². The van der Waals surface area contributed by atoms with Crippen LogP contribution < -0.4 is 0 Å². The number of rotatable bonds is 7. The van der Waals surface area contributed by atoms with Crippen LogP contribution in [-0.2, 0) is 18.7 Å². The van der Waals surface area contributed by atoms with Crippen molar-refractivity contribution in [3.63, 3.8) is 0 Å². The predicted molar refractivity (Wildman–Crippen MR) is 103 cm³/mol. The molecule has 4 heterocycles. The molecule has 0 fully saturated rings. The first-order chi connectivity index (χ1) is 12.3. The van der Waals surface area contributed by atoms with E-state index in [0.29, 0.717) is 17.5 Å². The van der Waals surface area contributed by atoms with Gasteiger partial charge in [-0.15, -0.1) is 32.9 Å². The minimum atomic E-state index is 0.567. The molecule has 10 heteroatoms. The third-order valence-corrected chi connectivity index (χ3v) is 6.93. The first-order valence-corrected chi connectivity index (χ1v) is 10.9. The molecule has 0 aromatic carbocycles. The van der Waals surface area contributed by atoms with E-state index in [4.69, 9.17) is 4.52 Å². The fourth-order valence-corrected chi connectivity index (χ4v) is 4.99. The van der Waals surface area contributed by atoms with Crippen molar-refractivity contribution in [1.82, 2.24) is 24.9 Å². The molecule has 0 saturated carbocycles. The highest BCUT2D eigenvalue weighted by Gasteiger charge is 2.13. The first kappa shape index (κ1) is 17.0. The van der Waals surface area contributed by atoms with Gasteiger partial charge in [0.1, 0.15) is 6.33 Å². The Bertz CT molecular complexity index is 946. The molecule has 0 saturated heterocycles. The van der Waals surface area contributed by atoms with Crippen molar-refractivity contribution in [3.05, 3.63) is 50.5 Å².